The second-order valence-corrected chi connectivity index (χ2v) is 12.5. The number of aromatic nitrogens is 1. The number of benzene rings is 2. The zero-order valence-electron chi connectivity index (χ0n) is 17.0. The molecule has 1 saturated heterocycles. The van der Waals surface area contributed by atoms with Crippen LogP contribution in [0.2, 0.25) is 0 Å². The van der Waals surface area contributed by atoms with Crippen molar-refractivity contribution in [3.8, 4) is 0 Å². The summed E-state index contributed by atoms with van der Waals surface area (Å²) in [5.41, 5.74) is 0.916. The first kappa shape index (κ1) is 21.7. The maximum absolute atomic E-state index is 13.0. The SMILES string of the molecule is CS(=O)(=O)c1ccc2nc(N3CCN(C(=O)c4ccccc4S(C)(=O)=O)CC3)sc2c1. The van der Waals surface area contributed by atoms with Gasteiger partial charge in [-0.25, -0.2) is 21.8 Å². The maximum Gasteiger partial charge on any atom is 0.255 e. The van der Waals surface area contributed by atoms with Crippen LogP contribution in [0.5, 0.6) is 0 Å². The molecular weight excluding hydrogens is 458 g/mol. The third-order valence-electron chi connectivity index (χ3n) is 5.13. The molecule has 2 aromatic carbocycles. The fourth-order valence-corrected chi connectivity index (χ4v) is 6.16. The zero-order chi connectivity index (χ0) is 22.4. The average Bonchev–Trinajstić information content (AvgIpc) is 3.15. The van der Waals surface area contributed by atoms with Crippen LogP contribution in [-0.2, 0) is 19.7 Å². The van der Waals surface area contributed by atoms with E-state index in [4.69, 9.17) is 0 Å². The van der Waals surface area contributed by atoms with Gasteiger partial charge < -0.3 is 9.80 Å². The number of hydrogen-bond acceptors (Lipinski definition) is 8. The Morgan fingerprint density at radius 1 is 0.935 bits per heavy atom. The fraction of sp³-hybridized carbons (Fsp3) is 0.300. The van der Waals surface area contributed by atoms with Crippen molar-refractivity contribution in [2.45, 2.75) is 9.79 Å². The Bertz CT molecular complexity index is 1370. The van der Waals surface area contributed by atoms with Gasteiger partial charge in [-0.1, -0.05) is 23.5 Å². The molecule has 4 rings (SSSR count). The number of carbonyl (C=O) groups excluding carboxylic acids is 1. The lowest BCUT2D eigenvalue weighted by atomic mass is 10.2. The Labute approximate surface area is 185 Å². The molecule has 8 nitrogen and oxygen atoms in total. The first-order chi connectivity index (χ1) is 14.5. The van der Waals surface area contributed by atoms with Crippen molar-refractivity contribution in [3.63, 3.8) is 0 Å². The molecule has 1 aromatic heterocycles. The Hall–Kier alpha value is -2.50. The van der Waals surface area contributed by atoms with Gasteiger partial charge in [-0.05, 0) is 30.3 Å². The van der Waals surface area contributed by atoms with Gasteiger partial charge in [-0.2, -0.15) is 0 Å². The van der Waals surface area contributed by atoms with Crippen LogP contribution in [0, 0.1) is 0 Å². The number of hydrogen-bond donors (Lipinski definition) is 0. The maximum atomic E-state index is 13.0. The van der Waals surface area contributed by atoms with E-state index in [1.54, 1.807) is 35.2 Å². The van der Waals surface area contributed by atoms with E-state index in [1.165, 1.54) is 29.7 Å². The summed E-state index contributed by atoms with van der Waals surface area (Å²) in [6, 6.07) is 11.1. The van der Waals surface area contributed by atoms with Gasteiger partial charge in [0.15, 0.2) is 24.8 Å². The molecule has 1 aliphatic heterocycles. The van der Waals surface area contributed by atoms with Crippen LogP contribution in [0.3, 0.4) is 0 Å². The standard InChI is InChI=1S/C20H21N3O5S3/c1-30(25,26)14-7-8-16-17(13-14)29-20(21-16)23-11-9-22(10-12-23)19(24)15-5-3-4-6-18(15)31(2,27)28/h3-8,13H,9-12H2,1-2H3. The highest BCUT2D eigenvalue weighted by atomic mass is 32.2. The summed E-state index contributed by atoms with van der Waals surface area (Å²) in [4.78, 5) is 21.6. The zero-order valence-corrected chi connectivity index (χ0v) is 19.4. The summed E-state index contributed by atoms with van der Waals surface area (Å²) in [5.74, 6) is -0.303. The smallest absolute Gasteiger partial charge is 0.255 e. The fourth-order valence-electron chi connectivity index (χ4n) is 3.50. The minimum atomic E-state index is -3.51. The van der Waals surface area contributed by atoms with Crippen LogP contribution < -0.4 is 4.90 Å². The third-order valence-corrected chi connectivity index (χ3v) is 8.48. The van der Waals surface area contributed by atoms with Crippen LogP contribution in [0.4, 0.5) is 5.13 Å². The van der Waals surface area contributed by atoms with Gasteiger partial charge in [-0.15, -0.1) is 0 Å². The predicted molar refractivity (Wildman–Crippen MR) is 120 cm³/mol. The van der Waals surface area contributed by atoms with Crippen LogP contribution in [0.15, 0.2) is 52.3 Å². The van der Waals surface area contributed by atoms with Gasteiger partial charge in [0.05, 0.1) is 25.6 Å². The molecule has 1 aliphatic rings. The molecule has 0 saturated carbocycles. The number of anilines is 1. The molecule has 1 fully saturated rings. The molecule has 0 bridgehead atoms. The van der Waals surface area contributed by atoms with Gasteiger partial charge in [0, 0.05) is 38.7 Å². The predicted octanol–water partition coefficient (Wildman–Crippen LogP) is 2.07. The monoisotopic (exact) mass is 479 g/mol. The van der Waals surface area contributed by atoms with Crippen molar-refractivity contribution in [2.75, 3.05) is 43.6 Å². The summed E-state index contributed by atoms with van der Waals surface area (Å²) < 4.78 is 48.4. The van der Waals surface area contributed by atoms with Crippen molar-refractivity contribution in [1.29, 1.82) is 0 Å². The van der Waals surface area contributed by atoms with E-state index < -0.39 is 19.7 Å². The van der Waals surface area contributed by atoms with E-state index in [0.29, 0.717) is 26.2 Å². The molecule has 0 N–H and O–H groups in total. The molecule has 3 aromatic rings. The summed E-state index contributed by atoms with van der Waals surface area (Å²) >= 11 is 1.41. The van der Waals surface area contributed by atoms with Gasteiger partial charge in [-0.3, -0.25) is 4.79 Å². The molecule has 0 atom stereocenters. The first-order valence-electron chi connectivity index (χ1n) is 9.48. The molecule has 0 spiro atoms. The second-order valence-electron chi connectivity index (χ2n) is 7.45. The topological polar surface area (TPSA) is 105 Å². The number of amides is 1. The van der Waals surface area contributed by atoms with Gasteiger partial charge in [0.25, 0.3) is 5.91 Å². The number of nitrogens with zero attached hydrogens (tertiary/aromatic N) is 3. The van der Waals surface area contributed by atoms with Crippen LogP contribution in [0.25, 0.3) is 10.2 Å². The number of rotatable bonds is 4. The first-order valence-corrected chi connectivity index (χ1v) is 14.1. The van der Waals surface area contributed by atoms with Gasteiger partial charge >= 0.3 is 0 Å². The minimum Gasteiger partial charge on any atom is -0.345 e. The van der Waals surface area contributed by atoms with E-state index >= 15 is 0 Å². The highest BCUT2D eigenvalue weighted by Crippen LogP contribution is 2.31. The molecule has 1 amide bonds. The van der Waals surface area contributed by atoms with E-state index in [9.17, 15) is 21.6 Å². The van der Waals surface area contributed by atoms with Crippen LogP contribution >= 0.6 is 11.3 Å². The van der Waals surface area contributed by atoms with Crippen LogP contribution in [-0.4, -0.2) is 71.3 Å². The highest BCUT2D eigenvalue weighted by molar-refractivity contribution is 7.91. The van der Waals surface area contributed by atoms with Crippen LogP contribution in [0.1, 0.15) is 10.4 Å². The summed E-state index contributed by atoms with van der Waals surface area (Å²) in [6.07, 6.45) is 2.27. The largest absolute Gasteiger partial charge is 0.345 e. The quantitative estimate of drug-likeness (QED) is 0.564. The Morgan fingerprint density at radius 2 is 1.61 bits per heavy atom. The molecular formula is C20H21N3O5S3. The second kappa shape index (κ2) is 7.88. The Kier molecular flexibility index (Phi) is 5.52. The number of fused-ring (bicyclic) bond motifs is 1. The number of thiazole rings is 1. The van der Waals surface area contributed by atoms with E-state index in [0.717, 1.165) is 21.6 Å². The summed E-state index contributed by atoms with van der Waals surface area (Å²) in [5, 5.41) is 0.768. The third kappa shape index (κ3) is 4.43. The number of piperazine rings is 1. The molecule has 11 heteroatoms. The van der Waals surface area contributed by atoms with E-state index in [-0.39, 0.29) is 21.3 Å². The summed E-state index contributed by atoms with van der Waals surface area (Å²) in [6.45, 7) is 1.96. The van der Waals surface area contributed by atoms with Gasteiger partial charge in [0.2, 0.25) is 0 Å². The number of carbonyl (C=O) groups is 1. The molecule has 0 radical (unpaired) electrons. The molecule has 31 heavy (non-hydrogen) atoms. The van der Waals surface area contributed by atoms with Gasteiger partial charge in [0.1, 0.15) is 0 Å². The Balaban J connectivity index is 1.51. The van der Waals surface area contributed by atoms with Crippen molar-refractivity contribution >= 4 is 52.3 Å². The lowest BCUT2D eigenvalue weighted by molar-refractivity contribution is 0.0743. The van der Waals surface area contributed by atoms with Crippen molar-refractivity contribution < 1.29 is 21.6 Å². The molecule has 0 unspecified atom stereocenters. The lowest BCUT2D eigenvalue weighted by Gasteiger charge is -2.34. The lowest BCUT2D eigenvalue weighted by Crippen LogP contribution is -2.49. The summed E-state index contributed by atoms with van der Waals surface area (Å²) in [7, 11) is -6.80. The van der Waals surface area contributed by atoms with Crippen molar-refractivity contribution in [1.82, 2.24) is 9.88 Å². The number of sulfone groups is 2. The highest BCUT2D eigenvalue weighted by Gasteiger charge is 2.27. The minimum absolute atomic E-state index is 0.0373. The molecule has 2 heterocycles. The Morgan fingerprint density at radius 3 is 2.26 bits per heavy atom. The normalized spacial score (nSPS) is 15.4. The van der Waals surface area contributed by atoms with E-state index in [1.807, 2.05) is 0 Å². The average molecular weight is 480 g/mol. The van der Waals surface area contributed by atoms with Crippen molar-refractivity contribution in [3.05, 3.63) is 48.0 Å². The molecule has 0 aliphatic carbocycles. The van der Waals surface area contributed by atoms with E-state index in [2.05, 4.69) is 9.88 Å². The van der Waals surface area contributed by atoms with Crippen molar-refractivity contribution in [2.24, 2.45) is 0 Å². The molecule has 164 valence electrons.